The van der Waals surface area contributed by atoms with E-state index in [0.29, 0.717) is 0 Å². The molecule has 0 spiro atoms. The topological polar surface area (TPSA) is 72.5 Å². The van der Waals surface area contributed by atoms with Gasteiger partial charge in [0.2, 0.25) is 0 Å². The van der Waals surface area contributed by atoms with Crippen molar-refractivity contribution in [3.05, 3.63) is 29.8 Å². The third-order valence-corrected chi connectivity index (χ3v) is 5.61. The quantitative estimate of drug-likeness (QED) is 0.819. The Labute approximate surface area is 127 Å². The van der Waals surface area contributed by atoms with Gasteiger partial charge < -0.3 is 0 Å². The monoisotopic (exact) mass is 315 g/mol. The average Bonchev–Trinajstić information content (AvgIpc) is 2.39. The summed E-state index contributed by atoms with van der Waals surface area (Å²) >= 11 is 0. The van der Waals surface area contributed by atoms with Crippen LogP contribution in [0.25, 0.3) is 0 Å². The van der Waals surface area contributed by atoms with Gasteiger partial charge in [0.1, 0.15) is 0 Å². The molecule has 0 aliphatic heterocycles. The van der Waals surface area contributed by atoms with Crippen molar-refractivity contribution >= 4 is 15.7 Å². The molecule has 0 heterocycles. The second-order valence-corrected chi connectivity index (χ2v) is 7.54. The molecule has 5 nitrogen and oxygen atoms in total. The fraction of sp³-hybridized carbons (Fsp3) is 0.533. The zero-order chi connectivity index (χ0) is 15.4. The summed E-state index contributed by atoms with van der Waals surface area (Å²) in [6.07, 6.45) is 1.89. The lowest BCUT2D eigenvalue weighted by Crippen LogP contribution is -2.47. The molecule has 0 bridgehead atoms. The zero-order valence-corrected chi connectivity index (χ0v) is 13.1. The fourth-order valence-electron chi connectivity index (χ4n) is 1.76. The molecular formula is C15H25NO4S. The van der Waals surface area contributed by atoms with Crippen LogP contribution in [0.5, 0.6) is 0 Å². The molecule has 0 aliphatic carbocycles. The SMILES string of the molecule is C.CCCc1ccc(S(=O)(=O)C(C)(C)C(=O)NOC)cc1. The van der Waals surface area contributed by atoms with Gasteiger partial charge in [-0.05, 0) is 38.0 Å². The van der Waals surface area contributed by atoms with Crippen molar-refractivity contribution in [1.29, 1.82) is 0 Å². The van der Waals surface area contributed by atoms with Crippen molar-refractivity contribution in [1.82, 2.24) is 5.48 Å². The summed E-state index contributed by atoms with van der Waals surface area (Å²) in [6.45, 7) is 4.77. The summed E-state index contributed by atoms with van der Waals surface area (Å²) in [6, 6.07) is 6.64. The van der Waals surface area contributed by atoms with Crippen LogP contribution in [0.1, 0.15) is 40.2 Å². The molecule has 21 heavy (non-hydrogen) atoms. The molecule has 120 valence electrons. The standard InChI is InChI=1S/C14H21NO4S.CH4/c1-5-6-11-7-9-12(10-8-11)20(17,18)14(2,3)13(16)15-19-4;/h7-10H,5-6H2,1-4H3,(H,15,16);1H4. The number of sulfone groups is 1. The third kappa shape index (κ3) is 4.04. The van der Waals surface area contributed by atoms with Crippen LogP contribution in [-0.2, 0) is 25.9 Å². The fourth-order valence-corrected chi connectivity index (χ4v) is 3.13. The first-order valence-electron chi connectivity index (χ1n) is 6.44. The number of amides is 1. The normalized spacial score (nSPS) is 11.6. The smallest absolute Gasteiger partial charge is 0.264 e. The minimum absolute atomic E-state index is 0. The van der Waals surface area contributed by atoms with E-state index in [1.165, 1.54) is 21.0 Å². The second-order valence-electron chi connectivity index (χ2n) is 5.04. The van der Waals surface area contributed by atoms with Crippen LogP contribution in [-0.4, -0.2) is 26.2 Å². The molecule has 0 atom stereocenters. The van der Waals surface area contributed by atoms with Gasteiger partial charge >= 0.3 is 0 Å². The number of hydrogen-bond acceptors (Lipinski definition) is 4. The minimum atomic E-state index is -3.78. The van der Waals surface area contributed by atoms with Gasteiger partial charge in [0.15, 0.2) is 14.6 Å². The molecule has 0 saturated heterocycles. The molecule has 0 unspecified atom stereocenters. The minimum Gasteiger partial charge on any atom is -0.277 e. The van der Waals surface area contributed by atoms with Gasteiger partial charge in [-0.1, -0.05) is 32.9 Å². The van der Waals surface area contributed by atoms with Crippen LogP contribution in [0, 0.1) is 0 Å². The van der Waals surface area contributed by atoms with Crippen LogP contribution >= 0.6 is 0 Å². The Morgan fingerprint density at radius 1 is 1.24 bits per heavy atom. The maximum Gasteiger partial charge on any atom is 0.264 e. The molecule has 1 aromatic carbocycles. The Balaban J connectivity index is 0.00000400. The van der Waals surface area contributed by atoms with Crippen molar-refractivity contribution < 1.29 is 18.0 Å². The number of hydroxylamine groups is 1. The van der Waals surface area contributed by atoms with E-state index >= 15 is 0 Å². The maximum absolute atomic E-state index is 12.5. The van der Waals surface area contributed by atoms with E-state index in [9.17, 15) is 13.2 Å². The average molecular weight is 315 g/mol. The van der Waals surface area contributed by atoms with Crippen LogP contribution in [0.15, 0.2) is 29.2 Å². The van der Waals surface area contributed by atoms with Gasteiger partial charge in [-0.25, -0.2) is 13.9 Å². The number of nitrogens with one attached hydrogen (secondary N) is 1. The highest BCUT2D eigenvalue weighted by atomic mass is 32.2. The summed E-state index contributed by atoms with van der Waals surface area (Å²) in [5.74, 6) is -0.697. The molecule has 6 heteroatoms. The van der Waals surface area contributed by atoms with Crippen molar-refractivity contribution in [3.63, 3.8) is 0 Å². The summed E-state index contributed by atoms with van der Waals surface area (Å²) in [4.78, 5) is 16.5. The first-order valence-corrected chi connectivity index (χ1v) is 7.92. The largest absolute Gasteiger partial charge is 0.277 e. The van der Waals surface area contributed by atoms with Crippen LogP contribution in [0.3, 0.4) is 0 Å². The molecule has 0 aromatic heterocycles. The number of benzene rings is 1. The van der Waals surface area contributed by atoms with E-state index in [1.54, 1.807) is 24.3 Å². The Morgan fingerprint density at radius 3 is 2.19 bits per heavy atom. The third-order valence-electron chi connectivity index (χ3n) is 3.19. The van der Waals surface area contributed by atoms with Gasteiger partial charge in [-0.3, -0.25) is 9.63 Å². The van der Waals surface area contributed by atoms with Crippen molar-refractivity contribution in [3.8, 4) is 0 Å². The van der Waals surface area contributed by atoms with Gasteiger partial charge in [-0.2, -0.15) is 0 Å². The Kier molecular flexibility index (Phi) is 7.06. The molecule has 1 N–H and O–H groups in total. The number of carbonyl (C=O) groups excluding carboxylic acids is 1. The van der Waals surface area contributed by atoms with E-state index < -0.39 is 20.5 Å². The molecule has 1 amide bonds. The summed E-state index contributed by atoms with van der Waals surface area (Å²) in [5, 5.41) is 0. The van der Waals surface area contributed by atoms with E-state index in [0.717, 1.165) is 18.4 Å². The highest BCUT2D eigenvalue weighted by Crippen LogP contribution is 2.26. The van der Waals surface area contributed by atoms with Crippen LogP contribution < -0.4 is 5.48 Å². The maximum atomic E-state index is 12.5. The molecular weight excluding hydrogens is 290 g/mol. The molecule has 1 rings (SSSR count). The lowest BCUT2D eigenvalue weighted by atomic mass is 10.1. The second kappa shape index (κ2) is 7.56. The van der Waals surface area contributed by atoms with E-state index in [-0.39, 0.29) is 12.3 Å². The van der Waals surface area contributed by atoms with Crippen LogP contribution in [0.4, 0.5) is 0 Å². The molecule has 0 saturated carbocycles. The zero-order valence-electron chi connectivity index (χ0n) is 12.3. The molecule has 0 radical (unpaired) electrons. The van der Waals surface area contributed by atoms with Crippen molar-refractivity contribution in [2.45, 2.75) is 50.7 Å². The summed E-state index contributed by atoms with van der Waals surface area (Å²) in [7, 11) is -2.52. The van der Waals surface area contributed by atoms with Crippen LogP contribution in [0.2, 0.25) is 0 Å². The first-order chi connectivity index (χ1) is 9.27. The highest BCUT2D eigenvalue weighted by molar-refractivity contribution is 7.93. The number of hydrogen-bond donors (Lipinski definition) is 1. The lowest BCUT2D eigenvalue weighted by Gasteiger charge is -2.23. The van der Waals surface area contributed by atoms with E-state index in [4.69, 9.17) is 0 Å². The van der Waals surface area contributed by atoms with E-state index in [2.05, 4.69) is 17.2 Å². The van der Waals surface area contributed by atoms with Gasteiger partial charge in [0.05, 0.1) is 12.0 Å². The first kappa shape index (κ1) is 19.6. The van der Waals surface area contributed by atoms with E-state index in [1.807, 2.05) is 0 Å². The predicted molar refractivity (Wildman–Crippen MR) is 83.6 cm³/mol. The molecule has 0 aliphatic rings. The summed E-state index contributed by atoms with van der Waals surface area (Å²) < 4.78 is 23.4. The van der Waals surface area contributed by atoms with Gasteiger partial charge in [-0.15, -0.1) is 0 Å². The predicted octanol–water partition coefficient (Wildman–Crippen LogP) is 2.51. The number of carbonyl (C=O) groups is 1. The highest BCUT2D eigenvalue weighted by Gasteiger charge is 2.42. The number of rotatable bonds is 6. The van der Waals surface area contributed by atoms with Crippen molar-refractivity contribution in [2.24, 2.45) is 0 Å². The van der Waals surface area contributed by atoms with Gasteiger partial charge in [0, 0.05) is 0 Å². The lowest BCUT2D eigenvalue weighted by molar-refractivity contribution is -0.133. The number of aryl methyl sites for hydroxylation is 1. The Hall–Kier alpha value is -1.40. The Bertz CT molecular complexity index is 562. The molecule has 1 aromatic rings. The van der Waals surface area contributed by atoms with Crippen molar-refractivity contribution in [2.75, 3.05) is 7.11 Å². The summed E-state index contributed by atoms with van der Waals surface area (Å²) in [5.41, 5.74) is 3.15. The Morgan fingerprint density at radius 2 is 1.76 bits per heavy atom. The molecule has 0 fully saturated rings. The van der Waals surface area contributed by atoms with Gasteiger partial charge in [0.25, 0.3) is 5.91 Å².